The number of hydrogen-bond acceptors (Lipinski definition) is 4. The summed E-state index contributed by atoms with van der Waals surface area (Å²) in [6.07, 6.45) is 0. The van der Waals surface area contributed by atoms with Crippen LogP contribution in [0.15, 0.2) is 72.8 Å². The zero-order valence-electron chi connectivity index (χ0n) is 16.4. The second kappa shape index (κ2) is 10.3. The van der Waals surface area contributed by atoms with Crippen molar-refractivity contribution in [3.05, 3.63) is 88.9 Å². The van der Waals surface area contributed by atoms with Gasteiger partial charge in [0.25, 0.3) is 11.8 Å². The zero-order chi connectivity index (χ0) is 21.3. The Hall–Kier alpha value is -3.51. The molecule has 0 aromatic heterocycles. The molecule has 3 aromatic carbocycles. The van der Waals surface area contributed by atoms with E-state index >= 15 is 0 Å². The molecule has 0 spiro atoms. The Balaban J connectivity index is 1.58. The summed E-state index contributed by atoms with van der Waals surface area (Å²) in [5.41, 5.74) is 1.86. The average molecular weight is 425 g/mol. The van der Waals surface area contributed by atoms with Gasteiger partial charge >= 0.3 is 0 Å². The van der Waals surface area contributed by atoms with E-state index in [-0.39, 0.29) is 18.4 Å². The van der Waals surface area contributed by atoms with Gasteiger partial charge in [-0.1, -0.05) is 54.1 Å². The molecule has 0 aliphatic rings. The van der Waals surface area contributed by atoms with Gasteiger partial charge < -0.3 is 20.1 Å². The summed E-state index contributed by atoms with van der Waals surface area (Å²) >= 11 is 6.06. The minimum absolute atomic E-state index is 0.257. The number of carbonyl (C=O) groups excluding carboxylic acids is 2. The van der Waals surface area contributed by atoms with Crippen molar-refractivity contribution in [3.8, 4) is 11.5 Å². The fourth-order valence-corrected chi connectivity index (χ4v) is 3.00. The molecule has 0 bridgehead atoms. The standard InChI is InChI=1S/C23H21ClN2O4/c1-29-21-12-11-17(13-19(21)24)26-22(27)15-30-20-10-6-5-9-18(20)23(28)25-14-16-7-3-2-4-8-16/h2-13H,14-15H2,1H3,(H,25,28)(H,26,27). The highest BCUT2D eigenvalue weighted by Gasteiger charge is 2.13. The lowest BCUT2D eigenvalue weighted by Crippen LogP contribution is -2.25. The topological polar surface area (TPSA) is 76.7 Å². The fraction of sp³-hybridized carbons (Fsp3) is 0.130. The van der Waals surface area contributed by atoms with Gasteiger partial charge in [-0.25, -0.2) is 0 Å². The molecule has 0 radical (unpaired) electrons. The first-order valence-corrected chi connectivity index (χ1v) is 9.62. The average Bonchev–Trinajstić information content (AvgIpc) is 2.77. The fourth-order valence-electron chi connectivity index (χ4n) is 2.74. The molecule has 3 aromatic rings. The van der Waals surface area contributed by atoms with Crippen LogP contribution < -0.4 is 20.1 Å². The minimum Gasteiger partial charge on any atom is -0.495 e. The second-order valence-electron chi connectivity index (χ2n) is 6.35. The number of methoxy groups -OCH3 is 1. The van der Waals surface area contributed by atoms with Crippen LogP contribution in [0.1, 0.15) is 15.9 Å². The summed E-state index contributed by atoms with van der Waals surface area (Å²) in [5.74, 6) is 0.180. The first-order chi connectivity index (χ1) is 14.6. The number of nitrogens with one attached hydrogen (secondary N) is 2. The highest BCUT2D eigenvalue weighted by molar-refractivity contribution is 6.32. The quantitative estimate of drug-likeness (QED) is 0.565. The summed E-state index contributed by atoms with van der Waals surface area (Å²) in [5, 5.41) is 5.94. The Morgan fingerprint density at radius 3 is 2.40 bits per heavy atom. The SMILES string of the molecule is COc1ccc(NC(=O)COc2ccccc2C(=O)NCc2ccccc2)cc1Cl. The number of halogens is 1. The van der Waals surface area contributed by atoms with Gasteiger partial charge in [0.15, 0.2) is 6.61 Å². The molecular weight excluding hydrogens is 404 g/mol. The number of rotatable bonds is 8. The number of para-hydroxylation sites is 1. The summed E-state index contributed by atoms with van der Waals surface area (Å²) in [6.45, 7) is 0.138. The van der Waals surface area contributed by atoms with Crippen LogP contribution in [0, 0.1) is 0 Å². The number of amides is 2. The maximum Gasteiger partial charge on any atom is 0.262 e. The molecule has 2 amide bonds. The van der Waals surface area contributed by atoms with Crippen LogP contribution in [0.2, 0.25) is 5.02 Å². The number of carbonyl (C=O) groups is 2. The molecule has 0 unspecified atom stereocenters. The van der Waals surface area contributed by atoms with Crippen molar-refractivity contribution in [1.82, 2.24) is 5.32 Å². The number of benzene rings is 3. The van der Waals surface area contributed by atoms with Gasteiger partial charge in [-0.3, -0.25) is 9.59 Å². The van der Waals surface area contributed by atoms with Crippen molar-refractivity contribution in [3.63, 3.8) is 0 Å². The first kappa shape index (κ1) is 21.2. The molecule has 0 aliphatic carbocycles. The summed E-state index contributed by atoms with van der Waals surface area (Å²) in [4.78, 5) is 24.8. The van der Waals surface area contributed by atoms with E-state index < -0.39 is 0 Å². The van der Waals surface area contributed by atoms with Crippen LogP contribution >= 0.6 is 11.6 Å². The van der Waals surface area contributed by atoms with E-state index in [0.717, 1.165) is 5.56 Å². The summed E-state index contributed by atoms with van der Waals surface area (Å²) in [7, 11) is 1.51. The van der Waals surface area contributed by atoms with Crippen molar-refractivity contribution in [2.75, 3.05) is 19.0 Å². The zero-order valence-corrected chi connectivity index (χ0v) is 17.1. The van der Waals surface area contributed by atoms with E-state index in [9.17, 15) is 9.59 Å². The van der Waals surface area contributed by atoms with Crippen molar-refractivity contribution < 1.29 is 19.1 Å². The summed E-state index contributed by atoms with van der Waals surface area (Å²) in [6, 6.07) is 21.3. The molecule has 154 valence electrons. The van der Waals surface area contributed by atoms with Gasteiger partial charge in [0.1, 0.15) is 11.5 Å². The third kappa shape index (κ3) is 5.75. The van der Waals surface area contributed by atoms with Gasteiger partial charge in [-0.05, 0) is 35.9 Å². The van der Waals surface area contributed by atoms with Crippen molar-refractivity contribution in [1.29, 1.82) is 0 Å². The normalized spacial score (nSPS) is 10.2. The first-order valence-electron chi connectivity index (χ1n) is 9.24. The lowest BCUT2D eigenvalue weighted by Gasteiger charge is -2.12. The van der Waals surface area contributed by atoms with Gasteiger partial charge in [-0.15, -0.1) is 0 Å². The second-order valence-corrected chi connectivity index (χ2v) is 6.76. The van der Waals surface area contributed by atoms with Crippen molar-refractivity contribution >= 4 is 29.1 Å². The van der Waals surface area contributed by atoms with Gasteiger partial charge in [0, 0.05) is 12.2 Å². The Labute approximate surface area is 179 Å². The third-order valence-corrected chi connectivity index (χ3v) is 4.52. The van der Waals surface area contributed by atoms with Crippen LogP contribution in [0.25, 0.3) is 0 Å². The Morgan fingerprint density at radius 1 is 0.933 bits per heavy atom. The smallest absolute Gasteiger partial charge is 0.262 e. The third-order valence-electron chi connectivity index (χ3n) is 4.22. The van der Waals surface area contributed by atoms with Crippen molar-refractivity contribution in [2.45, 2.75) is 6.54 Å². The predicted octanol–water partition coefficient (Wildman–Crippen LogP) is 4.30. The van der Waals surface area contributed by atoms with E-state index in [1.807, 2.05) is 30.3 Å². The molecule has 0 aliphatic heterocycles. The summed E-state index contributed by atoms with van der Waals surface area (Å²) < 4.78 is 10.7. The van der Waals surface area contributed by atoms with Gasteiger partial charge in [-0.2, -0.15) is 0 Å². The lowest BCUT2D eigenvalue weighted by atomic mass is 10.1. The van der Waals surface area contributed by atoms with E-state index in [1.165, 1.54) is 7.11 Å². The van der Waals surface area contributed by atoms with Crippen LogP contribution in [0.4, 0.5) is 5.69 Å². The highest BCUT2D eigenvalue weighted by atomic mass is 35.5. The Morgan fingerprint density at radius 2 is 1.67 bits per heavy atom. The molecule has 0 fully saturated rings. The maximum absolute atomic E-state index is 12.6. The van der Waals surface area contributed by atoms with Crippen molar-refractivity contribution in [2.24, 2.45) is 0 Å². The maximum atomic E-state index is 12.6. The minimum atomic E-state index is -0.379. The highest BCUT2D eigenvalue weighted by Crippen LogP contribution is 2.27. The Bertz CT molecular complexity index is 1020. The van der Waals surface area contributed by atoms with Crippen LogP contribution in [0.3, 0.4) is 0 Å². The van der Waals surface area contributed by atoms with E-state index in [4.69, 9.17) is 21.1 Å². The molecule has 3 rings (SSSR count). The van der Waals surface area contributed by atoms with Crippen LogP contribution in [-0.4, -0.2) is 25.5 Å². The monoisotopic (exact) mass is 424 g/mol. The van der Waals surface area contributed by atoms with E-state index in [0.29, 0.717) is 34.3 Å². The number of ether oxygens (including phenoxy) is 2. The van der Waals surface area contributed by atoms with Crippen LogP contribution in [0.5, 0.6) is 11.5 Å². The van der Waals surface area contributed by atoms with E-state index in [2.05, 4.69) is 10.6 Å². The van der Waals surface area contributed by atoms with E-state index in [1.54, 1.807) is 42.5 Å². The number of anilines is 1. The molecule has 0 saturated carbocycles. The lowest BCUT2D eigenvalue weighted by molar-refractivity contribution is -0.118. The molecule has 2 N–H and O–H groups in total. The van der Waals surface area contributed by atoms with Gasteiger partial charge in [0.2, 0.25) is 0 Å². The molecular formula is C23H21ClN2O4. The molecule has 0 atom stereocenters. The van der Waals surface area contributed by atoms with Crippen LogP contribution in [-0.2, 0) is 11.3 Å². The van der Waals surface area contributed by atoms with Gasteiger partial charge in [0.05, 0.1) is 17.7 Å². The molecule has 0 heterocycles. The predicted molar refractivity (Wildman–Crippen MR) is 116 cm³/mol. The molecule has 30 heavy (non-hydrogen) atoms. The largest absolute Gasteiger partial charge is 0.495 e. The number of hydrogen-bond donors (Lipinski definition) is 2. The Kier molecular flexibility index (Phi) is 7.29. The molecule has 6 nitrogen and oxygen atoms in total. The molecule has 0 saturated heterocycles. The molecule has 7 heteroatoms.